The van der Waals surface area contributed by atoms with Crippen molar-refractivity contribution in [1.82, 2.24) is 0 Å². The minimum absolute atomic E-state index is 0.391. The third kappa shape index (κ3) is 3.37. The van der Waals surface area contributed by atoms with Crippen LogP contribution in [0.25, 0.3) is 0 Å². The maximum absolute atomic E-state index is 10.9. The molecular weight excluding hydrogens is 236 g/mol. The Labute approximate surface area is 107 Å². The molecule has 5 nitrogen and oxygen atoms in total. The molecule has 0 radical (unpaired) electrons. The summed E-state index contributed by atoms with van der Waals surface area (Å²) in [7, 11) is 3.09. The summed E-state index contributed by atoms with van der Waals surface area (Å²) in [6, 6.07) is 3.32. The van der Waals surface area contributed by atoms with Crippen LogP contribution in [0.4, 0.5) is 0 Å². The fraction of sp³-hybridized carbons (Fsp3) is 0.462. The molecule has 0 N–H and O–H groups in total. The van der Waals surface area contributed by atoms with E-state index < -0.39 is 0 Å². The van der Waals surface area contributed by atoms with Crippen LogP contribution in [-0.2, 0) is 4.74 Å². The van der Waals surface area contributed by atoms with Crippen LogP contribution in [0.3, 0.4) is 0 Å². The highest BCUT2D eigenvalue weighted by molar-refractivity contribution is 5.82. The minimum atomic E-state index is 0.391. The molecule has 0 aliphatic heterocycles. The van der Waals surface area contributed by atoms with Crippen molar-refractivity contribution >= 4 is 6.29 Å². The first-order valence-corrected chi connectivity index (χ1v) is 5.69. The summed E-state index contributed by atoms with van der Waals surface area (Å²) in [6.07, 6.45) is 0.723. The first kappa shape index (κ1) is 14.3. The lowest BCUT2D eigenvalue weighted by Crippen LogP contribution is -2.07. The Morgan fingerprint density at radius 3 is 2.44 bits per heavy atom. The maximum atomic E-state index is 10.9. The summed E-state index contributed by atoms with van der Waals surface area (Å²) in [5, 5.41) is 0. The summed E-state index contributed by atoms with van der Waals surface area (Å²) >= 11 is 0. The molecule has 100 valence electrons. The quantitative estimate of drug-likeness (QED) is 0.524. The zero-order chi connectivity index (χ0) is 13.4. The van der Waals surface area contributed by atoms with E-state index in [0.717, 1.165) is 6.29 Å². The van der Waals surface area contributed by atoms with E-state index in [4.69, 9.17) is 18.9 Å². The fourth-order valence-corrected chi connectivity index (χ4v) is 1.49. The van der Waals surface area contributed by atoms with Crippen LogP contribution >= 0.6 is 0 Å². The summed E-state index contributed by atoms with van der Waals surface area (Å²) in [5.74, 6) is 1.37. The normalized spacial score (nSPS) is 9.94. The van der Waals surface area contributed by atoms with E-state index in [-0.39, 0.29) is 0 Å². The van der Waals surface area contributed by atoms with Crippen LogP contribution in [0.15, 0.2) is 12.1 Å². The number of ether oxygens (including phenoxy) is 4. The molecule has 0 bridgehead atoms. The van der Waals surface area contributed by atoms with Crippen molar-refractivity contribution < 1.29 is 23.7 Å². The second-order valence-corrected chi connectivity index (χ2v) is 3.41. The van der Waals surface area contributed by atoms with E-state index >= 15 is 0 Å². The lowest BCUT2D eigenvalue weighted by atomic mass is 10.2. The molecule has 1 aromatic carbocycles. The van der Waals surface area contributed by atoms with E-state index in [2.05, 4.69) is 0 Å². The van der Waals surface area contributed by atoms with Crippen molar-refractivity contribution in [3.63, 3.8) is 0 Å². The number of hydrogen-bond acceptors (Lipinski definition) is 5. The zero-order valence-corrected chi connectivity index (χ0v) is 10.9. The van der Waals surface area contributed by atoms with E-state index in [9.17, 15) is 4.79 Å². The molecule has 0 saturated heterocycles. The van der Waals surface area contributed by atoms with E-state index in [1.165, 1.54) is 7.11 Å². The number of carbonyl (C=O) groups excluding carboxylic acids is 1. The molecule has 0 aliphatic rings. The van der Waals surface area contributed by atoms with Gasteiger partial charge in [-0.25, -0.2) is 0 Å². The Hall–Kier alpha value is -1.75. The molecule has 5 heteroatoms. The van der Waals surface area contributed by atoms with Crippen molar-refractivity contribution in [2.75, 3.05) is 34.0 Å². The number of benzene rings is 1. The van der Waals surface area contributed by atoms with Gasteiger partial charge < -0.3 is 18.9 Å². The van der Waals surface area contributed by atoms with Crippen LogP contribution < -0.4 is 14.2 Å². The number of aldehydes is 1. The summed E-state index contributed by atoms with van der Waals surface area (Å²) in [5.41, 5.74) is 0.431. The predicted octanol–water partition coefficient (Wildman–Crippen LogP) is 1.93. The van der Waals surface area contributed by atoms with Crippen LogP contribution in [0, 0.1) is 0 Å². The molecule has 1 rings (SSSR count). The number of hydrogen-bond donors (Lipinski definition) is 0. The van der Waals surface area contributed by atoms with Gasteiger partial charge >= 0.3 is 0 Å². The summed E-state index contributed by atoms with van der Waals surface area (Å²) < 4.78 is 21.1. The van der Waals surface area contributed by atoms with Gasteiger partial charge in [-0.3, -0.25) is 4.79 Å². The Balaban J connectivity index is 3.04. The topological polar surface area (TPSA) is 54.0 Å². The second-order valence-electron chi connectivity index (χ2n) is 3.41. The van der Waals surface area contributed by atoms with Crippen LogP contribution in [0.2, 0.25) is 0 Å². The molecule has 0 spiro atoms. The molecule has 18 heavy (non-hydrogen) atoms. The number of methoxy groups -OCH3 is 2. The van der Waals surface area contributed by atoms with Gasteiger partial charge in [0, 0.05) is 7.11 Å². The van der Waals surface area contributed by atoms with Gasteiger partial charge in [-0.15, -0.1) is 0 Å². The average Bonchev–Trinajstić information content (AvgIpc) is 2.40. The Morgan fingerprint density at radius 1 is 1.11 bits per heavy atom. The predicted molar refractivity (Wildman–Crippen MR) is 66.9 cm³/mol. The van der Waals surface area contributed by atoms with Crippen molar-refractivity contribution in [3.05, 3.63) is 17.7 Å². The molecule has 0 amide bonds. The molecule has 1 aromatic rings. The van der Waals surface area contributed by atoms with Crippen molar-refractivity contribution in [3.8, 4) is 17.2 Å². The largest absolute Gasteiger partial charge is 0.492 e. The number of rotatable bonds is 8. The Morgan fingerprint density at radius 2 is 1.89 bits per heavy atom. The third-order valence-corrected chi connectivity index (χ3v) is 2.27. The van der Waals surface area contributed by atoms with Crippen LogP contribution in [-0.4, -0.2) is 40.3 Å². The van der Waals surface area contributed by atoms with Gasteiger partial charge in [-0.2, -0.15) is 0 Å². The van der Waals surface area contributed by atoms with Crippen molar-refractivity contribution in [2.45, 2.75) is 6.92 Å². The van der Waals surface area contributed by atoms with E-state index in [1.807, 2.05) is 6.92 Å². The lowest BCUT2D eigenvalue weighted by Gasteiger charge is -2.16. The molecule has 0 atom stereocenters. The highest BCUT2D eigenvalue weighted by Crippen LogP contribution is 2.39. The molecule has 0 unspecified atom stereocenters. The van der Waals surface area contributed by atoms with Gasteiger partial charge in [-0.05, 0) is 19.1 Å². The second kappa shape index (κ2) is 7.55. The molecule has 0 aliphatic carbocycles. The lowest BCUT2D eigenvalue weighted by molar-refractivity contribution is 0.111. The van der Waals surface area contributed by atoms with E-state index in [0.29, 0.717) is 42.6 Å². The molecular formula is C13H18O5. The third-order valence-electron chi connectivity index (χ3n) is 2.27. The zero-order valence-electron chi connectivity index (χ0n) is 10.9. The fourth-order valence-electron chi connectivity index (χ4n) is 1.49. The summed E-state index contributed by atoms with van der Waals surface area (Å²) in [4.78, 5) is 10.9. The van der Waals surface area contributed by atoms with Gasteiger partial charge in [-0.1, -0.05) is 0 Å². The smallest absolute Gasteiger partial charge is 0.204 e. The van der Waals surface area contributed by atoms with Gasteiger partial charge in [0.1, 0.15) is 6.61 Å². The van der Waals surface area contributed by atoms with Gasteiger partial charge in [0.15, 0.2) is 17.8 Å². The molecule has 0 fully saturated rings. The first-order chi connectivity index (χ1) is 8.78. The molecule has 0 saturated carbocycles. The molecule has 0 aromatic heterocycles. The highest BCUT2D eigenvalue weighted by atomic mass is 16.5. The van der Waals surface area contributed by atoms with Crippen molar-refractivity contribution in [1.29, 1.82) is 0 Å². The number of carbonyl (C=O) groups is 1. The van der Waals surface area contributed by atoms with Gasteiger partial charge in [0.2, 0.25) is 5.75 Å². The first-order valence-electron chi connectivity index (χ1n) is 5.69. The van der Waals surface area contributed by atoms with Crippen LogP contribution in [0.1, 0.15) is 17.3 Å². The summed E-state index contributed by atoms with van der Waals surface area (Å²) in [6.45, 7) is 3.19. The minimum Gasteiger partial charge on any atom is -0.492 e. The van der Waals surface area contributed by atoms with Crippen molar-refractivity contribution in [2.24, 2.45) is 0 Å². The highest BCUT2D eigenvalue weighted by Gasteiger charge is 2.16. The van der Waals surface area contributed by atoms with E-state index in [1.54, 1.807) is 19.2 Å². The maximum Gasteiger partial charge on any atom is 0.204 e. The Kier molecular flexibility index (Phi) is 6.00. The standard InChI is InChI=1S/C13H18O5/c1-4-17-13-11(18-8-7-15-2)6-5-10(9-14)12(13)16-3/h5-6,9H,4,7-8H2,1-3H3. The monoisotopic (exact) mass is 254 g/mol. The molecule has 0 heterocycles. The van der Waals surface area contributed by atoms with Crippen LogP contribution in [0.5, 0.6) is 17.2 Å². The Bertz CT molecular complexity index is 389. The van der Waals surface area contributed by atoms with Gasteiger partial charge in [0.05, 0.1) is 25.9 Å². The van der Waals surface area contributed by atoms with Gasteiger partial charge in [0.25, 0.3) is 0 Å². The SMILES string of the molecule is CCOc1c(OCCOC)ccc(C=O)c1OC. The average molecular weight is 254 g/mol.